The average molecular weight is 401 g/mol. The molecule has 0 heterocycles. The Kier molecular flexibility index (Phi) is 5.84. The second-order valence-electron chi connectivity index (χ2n) is 11.9. The van der Waals surface area contributed by atoms with E-state index < -0.39 is 0 Å². The summed E-state index contributed by atoms with van der Waals surface area (Å²) in [6.07, 6.45) is 14.6. The number of rotatable bonds is 4. The molecular weight excluding hydrogens is 356 g/mol. The monoisotopic (exact) mass is 400 g/mol. The molecule has 2 N–H and O–H groups in total. The molecule has 164 valence electrons. The fourth-order valence-corrected chi connectivity index (χ4v) is 8.44. The predicted octanol–water partition coefficient (Wildman–Crippen LogP) is 6.28. The van der Waals surface area contributed by atoms with Crippen LogP contribution in [0.2, 0.25) is 0 Å². The minimum atomic E-state index is -0.308. The van der Waals surface area contributed by atoms with Gasteiger partial charge in [-0.3, -0.25) is 0 Å². The molecule has 0 saturated heterocycles. The lowest BCUT2D eigenvalue weighted by Crippen LogP contribution is -2.54. The highest BCUT2D eigenvalue weighted by Gasteiger charge is 2.61. The van der Waals surface area contributed by atoms with Crippen molar-refractivity contribution < 1.29 is 10.2 Å². The summed E-state index contributed by atoms with van der Waals surface area (Å²) < 4.78 is 0. The third kappa shape index (κ3) is 3.57. The lowest BCUT2D eigenvalue weighted by molar-refractivity contribution is -0.0969. The van der Waals surface area contributed by atoms with Crippen LogP contribution < -0.4 is 0 Å². The first-order chi connectivity index (χ1) is 13.7. The maximum Gasteiger partial charge on any atom is 0.0757 e. The molecule has 3 saturated carbocycles. The van der Waals surface area contributed by atoms with Crippen molar-refractivity contribution in [3.8, 4) is 0 Å². The second-order valence-corrected chi connectivity index (χ2v) is 11.9. The molecule has 3 fully saturated rings. The summed E-state index contributed by atoms with van der Waals surface area (Å²) >= 11 is 0. The van der Waals surface area contributed by atoms with Crippen LogP contribution in [0, 0.1) is 40.4 Å². The van der Waals surface area contributed by atoms with Crippen LogP contribution in [0.3, 0.4) is 0 Å². The molecule has 4 aliphatic carbocycles. The zero-order valence-corrected chi connectivity index (χ0v) is 19.5. The van der Waals surface area contributed by atoms with E-state index in [1.165, 1.54) is 49.7 Å². The van der Waals surface area contributed by atoms with E-state index in [-0.39, 0.29) is 17.6 Å². The van der Waals surface area contributed by atoms with Gasteiger partial charge in [-0.25, -0.2) is 0 Å². The molecule has 0 aromatic rings. The molecule has 0 aromatic carbocycles. The smallest absolute Gasteiger partial charge is 0.0757 e. The van der Waals surface area contributed by atoms with E-state index in [0.29, 0.717) is 23.2 Å². The summed E-state index contributed by atoms with van der Waals surface area (Å²) in [7, 11) is 0. The Morgan fingerprint density at radius 1 is 1.10 bits per heavy atom. The number of fused-ring (bicyclic) bond motifs is 5. The molecule has 0 aromatic heterocycles. The van der Waals surface area contributed by atoms with Gasteiger partial charge < -0.3 is 10.2 Å². The fraction of sp³-hybridized carbons (Fsp3) is 0.852. The molecule has 2 heteroatoms. The quantitative estimate of drug-likeness (QED) is 0.545. The van der Waals surface area contributed by atoms with Crippen LogP contribution in [0.4, 0.5) is 0 Å². The van der Waals surface area contributed by atoms with E-state index in [9.17, 15) is 10.2 Å². The summed E-state index contributed by atoms with van der Waals surface area (Å²) in [5.41, 5.74) is 3.39. The standard InChI is InChI=1S/C27H44O2/c1-17(2)7-6-8-18(3)21-9-10-22-25-23(12-14-27(21,22)5)26(4)13-11-20(28)15-19(26)16-24(25)29/h7,16,18,20-25,28-29H,6,8-15H2,1-5H3/t18-,20-,21-,22+,23+,24+,25+,26+,27-/m1/s1. The predicted molar refractivity (Wildman–Crippen MR) is 120 cm³/mol. The van der Waals surface area contributed by atoms with Crippen molar-refractivity contribution in [2.45, 2.75) is 105 Å². The van der Waals surface area contributed by atoms with E-state index in [0.717, 1.165) is 31.1 Å². The highest BCUT2D eigenvalue weighted by molar-refractivity contribution is 5.27. The van der Waals surface area contributed by atoms with Gasteiger partial charge in [-0.15, -0.1) is 0 Å². The maximum atomic E-state index is 11.3. The van der Waals surface area contributed by atoms with Crippen molar-refractivity contribution in [3.05, 3.63) is 23.3 Å². The van der Waals surface area contributed by atoms with Gasteiger partial charge in [0.1, 0.15) is 0 Å². The summed E-state index contributed by atoms with van der Waals surface area (Å²) in [5.74, 6) is 3.26. The summed E-state index contributed by atoms with van der Waals surface area (Å²) in [4.78, 5) is 0. The molecule has 0 radical (unpaired) electrons. The van der Waals surface area contributed by atoms with Gasteiger partial charge in [-0.2, -0.15) is 0 Å². The molecule has 9 atom stereocenters. The molecule has 0 aliphatic heterocycles. The molecule has 0 unspecified atom stereocenters. The lowest BCUT2D eigenvalue weighted by atomic mass is 9.46. The van der Waals surface area contributed by atoms with Crippen molar-refractivity contribution in [3.63, 3.8) is 0 Å². The van der Waals surface area contributed by atoms with Crippen molar-refractivity contribution in [1.82, 2.24) is 0 Å². The third-order valence-corrected chi connectivity index (χ3v) is 10.0. The average Bonchev–Trinajstić information content (AvgIpc) is 3.00. The third-order valence-electron chi connectivity index (χ3n) is 10.0. The summed E-state index contributed by atoms with van der Waals surface area (Å²) in [6, 6.07) is 0. The molecule has 2 nitrogen and oxygen atoms in total. The van der Waals surface area contributed by atoms with Gasteiger partial charge in [0.2, 0.25) is 0 Å². The van der Waals surface area contributed by atoms with Gasteiger partial charge in [0.15, 0.2) is 0 Å². The number of hydrogen-bond donors (Lipinski definition) is 2. The number of allylic oxidation sites excluding steroid dienone is 2. The van der Waals surface area contributed by atoms with Crippen LogP contribution >= 0.6 is 0 Å². The summed E-state index contributed by atoms with van der Waals surface area (Å²) in [6.45, 7) is 11.9. The largest absolute Gasteiger partial charge is 0.393 e. The lowest BCUT2D eigenvalue weighted by Gasteiger charge is -2.59. The SMILES string of the molecule is CC(C)=CCC[C@@H](C)[C@H]1CC[C@H]2[C@@H]3[C@@H](O)C=C4C[C@H](O)CC[C@]4(C)[C@H]3CC[C@]12C. The minimum absolute atomic E-state index is 0.204. The van der Waals surface area contributed by atoms with Crippen LogP contribution in [0.25, 0.3) is 0 Å². The van der Waals surface area contributed by atoms with Crippen LogP contribution in [0.5, 0.6) is 0 Å². The fourth-order valence-electron chi connectivity index (χ4n) is 8.44. The van der Waals surface area contributed by atoms with Crippen LogP contribution in [0.15, 0.2) is 23.3 Å². The molecule has 4 rings (SSSR count). The first-order valence-electron chi connectivity index (χ1n) is 12.4. The Morgan fingerprint density at radius 2 is 1.86 bits per heavy atom. The van der Waals surface area contributed by atoms with Crippen LogP contribution in [0.1, 0.15) is 92.4 Å². The molecular formula is C27H44O2. The molecule has 4 aliphatic rings. The topological polar surface area (TPSA) is 40.5 Å². The summed E-state index contributed by atoms with van der Waals surface area (Å²) in [5, 5.41) is 21.5. The number of aliphatic hydroxyl groups excluding tert-OH is 2. The van der Waals surface area contributed by atoms with E-state index in [1.807, 2.05) is 0 Å². The van der Waals surface area contributed by atoms with Crippen molar-refractivity contribution in [1.29, 1.82) is 0 Å². The molecule has 0 spiro atoms. The Labute approximate surface area is 178 Å². The van der Waals surface area contributed by atoms with E-state index in [2.05, 4.69) is 46.8 Å². The second kappa shape index (κ2) is 7.83. The highest BCUT2D eigenvalue weighted by atomic mass is 16.3. The van der Waals surface area contributed by atoms with Crippen LogP contribution in [-0.2, 0) is 0 Å². The number of aliphatic hydroxyl groups is 2. The van der Waals surface area contributed by atoms with Gasteiger partial charge in [0.05, 0.1) is 12.2 Å². The highest BCUT2D eigenvalue weighted by Crippen LogP contribution is 2.67. The van der Waals surface area contributed by atoms with Gasteiger partial charge in [-0.1, -0.05) is 44.1 Å². The zero-order chi connectivity index (χ0) is 21.0. The maximum absolute atomic E-state index is 11.3. The van der Waals surface area contributed by atoms with Gasteiger partial charge in [-0.05, 0) is 112 Å². The Morgan fingerprint density at radius 3 is 2.59 bits per heavy atom. The van der Waals surface area contributed by atoms with Crippen molar-refractivity contribution in [2.24, 2.45) is 40.4 Å². The molecule has 0 amide bonds. The molecule has 0 bridgehead atoms. The Balaban J connectivity index is 1.56. The van der Waals surface area contributed by atoms with E-state index >= 15 is 0 Å². The minimum Gasteiger partial charge on any atom is -0.393 e. The van der Waals surface area contributed by atoms with Gasteiger partial charge in [0.25, 0.3) is 0 Å². The zero-order valence-electron chi connectivity index (χ0n) is 19.5. The van der Waals surface area contributed by atoms with E-state index in [4.69, 9.17) is 0 Å². The van der Waals surface area contributed by atoms with Gasteiger partial charge >= 0.3 is 0 Å². The first kappa shape index (κ1) is 21.6. The number of hydrogen-bond acceptors (Lipinski definition) is 2. The van der Waals surface area contributed by atoms with Gasteiger partial charge in [0, 0.05) is 0 Å². The van der Waals surface area contributed by atoms with Crippen molar-refractivity contribution >= 4 is 0 Å². The Hall–Kier alpha value is -0.600. The van der Waals surface area contributed by atoms with Crippen molar-refractivity contribution in [2.75, 3.05) is 0 Å². The normalized spacial score (nSPS) is 47.5. The van der Waals surface area contributed by atoms with Crippen LogP contribution in [-0.4, -0.2) is 22.4 Å². The van der Waals surface area contributed by atoms with E-state index in [1.54, 1.807) is 0 Å². The molecule has 29 heavy (non-hydrogen) atoms. The Bertz CT molecular complexity index is 674. The first-order valence-corrected chi connectivity index (χ1v) is 12.4.